The first-order valence-electron chi connectivity index (χ1n) is 13.2. The Hall–Kier alpha value is -2.77. The van der Waals surface area contributed by atoms with E-state index >= 15 is 0 Å². The van der Waals surface area contributed by atoms with Crippen molar-refractivity contribution in [3.8, 4) is 0 Å². The van der Waals surface area contributed by atoms with E-state index < -0.39 is 0 Å². The molecule has 2 saturated heterocycles. The SMILES string of the molecule is CC1(C)CN(C=O)c2cc(Cc3ccccc3)ncc21.CCN1CCNC(C)C1.CN1CCCC1=O. The summed E-state index contributed by atoms with van der Waals surface area (Å²) in [6.07, 6.45) is 5.45. The van der Waals surface area contributed by atoms with Crippen LogP contribution in [0, 0.1) is 0 Å². The average Bonchev–Trinajstić information content (AvgIpc) is 3.38. The minimum absolute atomic E-state index is 0.0193. The molecule has 36 heavy (non-hydrogen) atoms. The summed E-state index contributed by atoms with van der Waals surface area (Å²) in [5, 5.41) is 3.40. The van der Waals surface area contributed by atoms with E-state index in [4.69, 9.17) is 0 Å². The van der Waals surface area contributed by atoms with Gasteiger partial charge in [-0.25, -0.2) is 0 Å². The Balaban J connectivity index is 0.000000185. The molecule has 0 saturated carbocycles. The lowest BCUT2D eigenvalue weighted by Gasteiger charge is -2.30. The van der Waals surface area contributed by atoms with Crippen LogP contribution in [0.4, 0.5) is 5.69 Å². The number of nitrogens with one attached hydrogen (secondary N) is 1. The molecular weight excluding hydrogens is 450 g/mol. The van der Waals surface area contributed by atoms with Crippen LogP contribution in [0.15, 0.2) is 42.6 Å². The molecule has 0 bridgehead atoms. The maximum atomic E-state index is 11.2. The quantitative estimate of drug-likeness (QED) is 0.661. The number of likely N-dealkylation sites (tertiary alicyclic amines) is 1. The first-order valence-corrected chi connectivity index (χ1v) is 13.2. The fraction of sp³-hybridized carbons (Fsp3) is 0.552. The first-order chi connectivity index (χ1) is 17.2. The lowest BCUT2D eigenvalue weighted by atomic mass is 9.88. The van der Waals surface area contributed by atoms with Crippen LogP contribution < -0.4 is 10.2 Å². The van der Waals surface area contributed by atoms with Gasteiger partial charge in [-0.2, -0.15) is 0 Å². The van der Waals surface area contributed by atoms with Crippen molar-refractivity contribution < 1.29 is 9.59 Å². The molecule has 1 aromatic carbocycles. The van der Waals surface area contributed by atoms with Gasteiger partial charge >= 0.3 is 0 Å². The molecule has 2 aromatic rings. The van der Waals surface area contributed by atoms with Crippen LogP contribution in [0.2, 0.25) is 0 Å². The number of rotatable bonds is 4. The standard InChI is InChI=1S/C17H18N2O.C7H16N2.C5H9NO/c1-17(2)11-19(12-20)16-9-14(18-10-15(16)17)8-13-6-4-3-5-7-13;1-3-9-5-4-8-7(2)6-9;1-6-4-2-3-5(6)7/h3-7,9-10,12H,8,11H2,1-2H3;7-8H,3-6H2,1-2H3;2-4H2,1H3. The molecule has 2 amide bonds. The number of aromatic nitrogens is 1. The predicted molar refractivity (Wildman–Crippen MR) is 146 cm³/mol. The minimum Gasteiger partial charge on any atom is -0.346 e. The van der Waals surface area contributed by atoms with Crippen molar-refractivity contribution in [2.24, 2.45) is 0 Å². The molecule has 196 valence electrons. The molecule has 1 N–H and O–H groups in total. The van der Waals surface area contributed by atoms with Crippen molar-refractivity contribution in [1.82, 2.24) is 20.1 Å². The molecular formula is C29H43N5O2. The van der Waals surface area contributed by atoms with E-state index in [0.29, 0.717) is 11.9 Å². The lowest BCUT2D eigenvalue weighted by Crippen LogP contribution is -2.48. The van der Waals surface area contributed by atoms with E-state index in [-0.39, 0.29) is 5.41 Å². The van der Waals surface area contributed by atoms with Crippen molar-refractivity contribution in [3.63, 3.8) is 0 Å². The van der Waals surface area contributed by atoms with E-state index in [2.05, 4.69) is 55.0 Å². The zero-order valence-corrected chi connectivity index (χ0v) is 22.7. The summed E-state index contributed by atoms with van der Waals surface area (Å²) >= 11 is 0. The largest absolute Gasteiger partial charge is 0.346 e. The Bertz CT molecular complexity index is 994. The van der Waals surface area contributed by atoms with Crippen LogP contribution in [-0.4, -0.2) is 79.5 Å². The number of carbonyl (C=O) groups excluding carboxylic acids is 2. The molecule has 5 rings (SSSR count). The van der Waals surface area contributed by atoms with Gasteiger partial charge in [-0.05, 0) is 31.5 Å². The molecule has 7 heteroatoms. The van der Waals surface area contributed by atoms with Gasteiger partial charge in [0.1, 0.15) is 0 Å². The van der Waals surface area contributed by atoms with Crippen molar-refractivity contribution in [1.29, 1.82) is 0 Å². The van der Waals surface area contributed by atoms with Gasteiger partial charge in [0.05, 0.1) is 5.69 Å². The van der Waals surface area contributed by atoms with Crippen molar-refractivity contribution in [3.05, 3.63) is 59.4 Å². The molecule has 7 nitrogen and oxygen atoms in total. The second-order valence-corrected chi connectivity index (χ2v) is 10.6. The summed E-state index contributed by atoms with van der Waals surface area (Å²) in [4.78, 5) is 32.3. The Labute approximate surface area is 216 Å². The fourth-order valence-corrected chi connectivity index (χ4v) is 4.92. The summed E-state index contributed by atoms with van der Waals surface area (Å²) in [5.41, 5.74) is 4.37. The first kappa shape index (κ1) is 27.8. The van der Waals surface area contributed by atoms with Crippen molar-refractivity contribution >= 4 is 18.0 Å². The summed E-state index contributed by atoms with van der Waals surface area (Å²) in [6, 6.07) is 13.0. The Kier molecular flexibility index (Phi) is 10.0. The normalized spacial score (nSPS) is 20.7. The Morgan fingerprint density at radius 1 is 1.19 bits per heavy atom. The molecule has 1 aromatic heterocycles. The van der Waals surface area contributed by atoms with Crippen molar-refractivity contribution in [2.45, 2.75) is 58.4 Å². The van der Waals surface area contributed by atoms with Crippen LogP contribution in [0.1, 0.15) is 57.4 Å². The second kappa shape index (κ2) is 13.0. The van der Waals surface area contributed by atoms with Gasteiger partial charge in [0.15, 0.2) is 0 Å². The van der Waals surface area contributed by atoms with E-state index in [1.54, 1.807) is 9.80 Å². The van der Waals surface area contributed by atoms with Gasteiger partial charge in [0.25, 0.3) is 0 Å². The van der Waals surface area contributed by atoms with Crippen LogP contribution in [0.3, 0.4) is 0 Å². The van der Waals surface area contributed by atoms with Gasteiger partial charge in [0.2, 0.25) is 12.3 Å². The van der Waals surface area contributed by atoms with Gasteiger partial charge in [0, 0.05) is 81.5 Å². The second-order valence-electron chi connectivity index (χ2n) is 10.6. The van der Waals surface area contributed by atoms with Gasteiger partial charge in [-0.15, -0.1) is 0 Å². The smallest absolute Gasteiger partial charge is 0.222 e. The maximum absolute atomic E-state index is 11.2. The van der Waals surface area contributed by atoms with E-state index in [1.165, 1.54) is 25.2 Å². The third-order valence-corrected chi connectivity index (χ3v) is 7.11. The van der Waals surface area contributed by atoms with Crippen molar-refractivity contribution in [2.75, 3.05) is 51.2 Å². The highest BCUT2D eigenvalue weighted by atomic mass is 16.2. The Morgan fingerprint density at radius 3 is 2.47 bits per heavy atom. The number of hydrogen-bond acceptors (Lipinski definition) is 5. The fourth-order valence-electron chi connectivity index (χ4n) is 4.92. The number of hydrogen-bond donors (Lipinski definition) is 1. The summed E-state index contributed by atoms with van der Waals surface area (Å²) < 4.78 is 0. The van der Waals surface area contributed by atoms with Gasteiger partial charge < -0.3 is 20.0 Å². The highest BCUT2D eigenvalue weighted by Gasteiger charge is 2.35. The highest BCUT2D eigenvalue weighted by molar-refractivity contribution is 5.81. The number of fused-ring (bicyclic) bond motifs is 1. The maximum Gasteiger partial charge on any atom is 0.222 e. The van der Waals surface area contributed by atoms with Crippen LogP contribution >= 0.6 is 0 Å². The van der Waals surface area contributed by atoms with E-state index in [9.17, 15) is 9.59 Å². The number of anilines is 1. The molecule has 2 fully saturated rings. The third kappa shape index (κ3) is 7.61. The average molecular weight is 494 g/mol. The number of piperazine rings is 1. The number of pyridine rings is 1. The minimum atomic E-state index is -0.0193. The number of nitrogens with zero attached hydrogens (tertiary/aromatic N) is 4. The number of likely N-dealkylation sites (N-methyl/N-ethyl adjacent to an activating group) is 1. The molecule has 0 radical (unpaired) electrons. The topological polar surface area (TPSA) is 68.8 Å². The van der Waals surface area contributed by atoms with E-state index in [0.717, 1.165) is 62.3 Å². The number of carbonyl (C=O) groups is 2. The van der Waals surface area contributed by atoms with Crippen LogP contribution in [0.25, 0.3) is 0 Å². The molecule has 3 aliphatic rings. The number of amides is 2. The lowest BCUT2D eigenvalue weighted by molar-refractivity contribution is -0.126. The molecule has 3 aliphatic heterocycles. The molecule has 1 unspecified atom stereocenters. The van der Waals surface area contributed by atoms with Gasteiger partial charge in [-0.1, -0.05) is 51.1 Å². The number of benzene rings is 1. The van der Waals surface area contributed by atoms with Crippen LogP contribution in [-0.2, 0) is 21.4 Å². The molecule has 0 spiro atoms. The molecule has 4 heterocycles. The molecule has 0 aliphatic carbocycles. The van der Waals surface area contributed by atoms with E-state index in [1.807, 2.05) is 37.5 Å². The zero-order valence-electron chi connectivity index (χ0n) is 22.7. The van der Waals surface area contributed by atoms with Gasteiger partial charge in [-0.3, -0.25) is 14.6 Å². The summed E-state index contributed by atoms with van der Waals surface area (Å²) in [7, 11) is 1.84. The third-order valence-electron chi connectivity index (χ3n) is 7.11. The summed E-state index contributed by atoms with van der Waals surface area (Å²) in [6.45, 7) is 15.2. The summed E-state index contributed by atoms with van der Waals surface area (Å²) in [5.74, 6) is 0.292. The highest BCUT2D eigenvalue weighted by Crippen LogP contribution is 2.39. The Morgan fingerprint density at radius 2 is 1.94 bits per heavy atom. The van der Waals surface area contributed by atoms with Crippen LogP contribution in [0.5, 0.6) is 0 Å². The monoisotopic (exact) mass is 493 g/mol. The molecule has 1 atom stereocenters. The predicted octanol–water partition coefficient (Wildman–Crippen LogP) is 3.47. The zero-order chi connectivity index (χ0) is 26.1.